The molecule has 0 spiro atoms. The lowest BCUT2D eigenvalue weighted by Crippen LogP contribution is -2.12. The Morgan fingerprint density at radius 3 is 2.60 bits per heavy atom. The van der Waals surface area contributed by atoms with Crippen LogP contribution >= 0.6 is 0 Å². The molecule has 4 rings (SSSR count). The highest BCUT2D eigenvalue weighted by Gasteiger charge is 2.18. The molecule has 4 aromatic rings. The highest BCUT2D eigenvalue weighted by molar-refractivity contribution is 6.11. The molecule has 0 saturated heterocycles. The molecule has 0 aliphatic carbocycles. The van der Waals surface area contributed by atoms with Crippen LogP contribution in [0, 0.1) is 0 Å². The minimum atomic E-state index is -0.857. The van der Waals surface area contributed by atoms with Gasteiger partial charge in [-0.1, -0.05) is 30.3 Å². The van der Waals surface area contributed by atoms with E-state index >= 15 is 0 Å². The van der Waals surface area contributed by atoms with Gasteiger partial charge in [0.15, 0.2) is 5.78 Å². The lowest BCUT2D eigenvalue weighted by Gasteiger charge is -2.03. The van der Waals surface area contributed by atoms with E-state index in [0.717, 1.165) is 16.5 Å². The maximum absolute atomic E-state index is 12.4. The van der Waals surface area contributed by atoms with Crippen LogP contribution < -0.4 is 5.63 Å². The van der Waals surface area contributed by atoms with Crippen LogP contribution in [-0.4, -0.2) is 15.9 Å². The molecular formula is C20H13NO4. The van der Waals surface area contributed by atoms with Gasteiger partial charge in [-0.3, -0.25) is 4.79 Å². The number of hydrogen-bond donors (Lipinski definition) is 2. The largest absolute Gasteiger partial charge is 0.506 e. The topological polar surface area (TPSA) is 83.3 Å². The van der Waals surface area contributed by atoms with Crippen molar-refractivity contribution in [2.75, 3.05) is 0 Å². The van der Waals surface area contributed by atoms with E-state index < -0.39 is 11.4 Å². The van der Waals surface area contributed by atoms with Crippen LogP contribution in [-0.2, 0) is 0 Å². The van der Waals surface area contributed by atoms with Gasteiger partial charge in [-0.2, -0.15) is 0 Å². The number of rotatable bonds is 3. The molecule has 0 atom stereocenters. The molecule has 0 aliphatic rings. The Balaban J connectivity index is 1.76. The van der Waals surface area contributed by atoms with Gasteiger partial charge < -0.3 is 14.5 Å². The third kappa shape index (κ3) is 2.52. The predicted octanol–water partition coefficient (Wildman–Crippen LogP) is 3.88. The van der Waals surface area contributed by atoms with Gasteiger partial charge in [-0.05, 0) is 35.9 Å². The number of allylic oxidation sites excluding steroid dienone is 1. The summed E-state index contributed by atoms with van der Waals surface area (Å²) in [6, 6.07) is 14.2. The van der Waals surface area contributed by atoms with Gasteiger partial charge in [0.1, 0.15) is 16.9 Å². The van der Waals surface area contributed by atoms with Crippen LogP contribution in [0.4, 0.5) is 0 Å². The standard InChI is InChI=1S/C20H13NO4/c22-16(10-9-12-11-21-15-7-3-1-5-13(12)15)18-19(23)14-6-2-4-8-17(14)25-20(18)24/h1-11,21,23H. The Morgan fingerprint density at radius 1 is 1.04 bits per heavy atom. The molecule has 2 aromatic heterocycles. The second kappa shape index (κ2) is 5.79. The molecule has 2 aromatic carbocycles. The Morgan fingerprint density at radius 2 is 1.76 bits per heavy atom. The summed E-state index contributed by atoms with van der Waals surface area (Å²) in [4.78, 5) is 27.6. The molecule has 0 fully saturated rings. The van der Waals surface area contributed by atoms with E-state index in [-0.39, 0.29) is 16.9 Å². The summed E-state index contributed by atoms with van der Waals surface area (Å²) < 4.78 is 5.13. The van der Waals surface area contributed by atoms with Crippen molar-refractivity contribution in [3.63, 3.8) is 0 Å². The lowest BCUT2D eigenvalue weighted by atomic mass is 10.1. The third-order valence-corrected chi connectivity index (χ3v) is 4.07. The van der Waals surface area contributed by atoms with Gasteiger partial charge in [0.25, 0.3) is 0 Å². The summed E-state index contributed by atoms with van der Waals surface area (Å²) in [7, 11) is 0. The Kier molecular flexibility index (Phi) is 3.47. The summed E-state index contributed by atoms with van der Waals surface area (Å²) in [5.41, 5.74) is 0.776. The van der Waals surface area contributed by atoms with Crippen molar-refractivity contribution in [1.82, 2.24) is 4.98 Å². The summed E-state index contributed by atoms with van der Waals surface area (Å²) >= 11 is 0. The summed E-state index contributed by atoms with van der Waals surface area (Å²) in [6.07, 6.45) is 4.64. The fraction of sp³-hybridized carbons (Fsp3) is 0. The zero-order valence-electron chi connectivity index (χ0n) is 13.0. The number of aromatic nitrogens is 1. The summed E-state index contributed by atoms with van der Waals surface area (Å²) in [5, 5.41) is 11.6. The molecule has 5 heteroatoms. The highest BCUT2D eigenvalue weighted by atomic mass is 16.4. The van der Waals surface area contributed by atoms with Gasteiger partial charge in [0.2, 0.25) is 0 Å². The molecule has 2 N–H and O–H groups in total. The van der Waals surface area contributed by atoms with Crippen molar-refractivity contribution >= 4 is 33.7 Å². The van der Waals surface area contributed by atoms with Crippen molar-refractivity contribution < 1.29 is 14.3 Å². The number of aromatic amines is 1. The van der Waals surface area contributed by atoms with E-state index in [1.165, 1.54) is 6.08 Å². The van der Waals surface area contributed by atoms with Crippen LogP contribution in [0.2, 0.25) is 0 Å². The molecule has 0 aliphatic heterocycles. The first-order valence-electron chi connectivity index (χ1n) is 7.68. The molecule has 2 heterocycles. The third-order valence-electron chi connectivity index (χ3n) is 4.07. The number of nitrogens with one attached hydrogen (secondary N) is 1. The van der Waals surface area contributed by atoms with Gasteiger partial charge >= 0.3 is 5.63 Å². The Labute approximate surface area is 141 Å². The van der Waals surface area contributed by atoms with Crippen molar-refractivity contribution in [1.29, 1.82) is 0 Å². The van der Waals surface area contributed by atoms with E-state index in [0.29, 0.717) is 5.39 Å². The predicted molar refractivity (Wildman–Crippen MR) is 95.8 cm³/mol. The molecule has 5 nitrogen and oxygen atoms in total. The average Bonchev–Trinajstić information content (AvgIpc) is 3.03. The number of benzene rings is 2. The first-order valence-corrected chi connectivity index (χ1v) is 7.68. The number of para-hydroxylation sites is 2. The number of aromatic hydroxyl groups is 1. The van der Waals surface area contributed by atoms with Gasteiger partial charge in [-0.15, -0.1) is 0 Å². The monoisotopic (exact) mass is 331 g/mol. The van der Waals surface area contributed by atoms with E-state index in [2.05, 4.69) is 4.98 Å². The van der Waals surface area contributed by atoms with E-state index in [1.54, 1.807) is 36.5 Å². The van der Waals surface area contributed by atoms with E-state index in [1.807, 2.05) is 24.3 Å². The van der Waals surface area contributed by atoms with Gasteiger partial charge in [0, 0.05) is 17.1 Å². The van der Waals surface area contributed by atoms with Crippen molar-refractivity contribution in [2.24, 2.45) is 0 Å². The minimum Gasteiger partial charge on any atom is -0.506 e. The molecule has 0 amide bonds. The zero-order chi connectivity index (χ0) is 17.4. The SMILES string of the molecule is O=C(C=Cc1c[nH]c2ccccc12)c1c(O)c2ccccc2oc1=O. The maximum Gasteiger partial charge on any atom is 0.351 e. The zero-order valence-corrected chi connectivity index (χ0v) is 13.0. The van der Waals surface area contributed by atoms with Crippen LogP contribution in [0.25, 0.3) is 27.9 Å². The molecule has 0 saturated carbocycles. The van der Waals surface area contributed by atoms with Crippen LogP contribution in [0.15, 0.2) is 70.0 Å². The maximum atomic E-state index is 12.4. The number of carbonyl (C=O) groups is 1. The van der Waals surface area contributed by atoms with E-state index in [4.69, 9.17) is 4.42 Å². The highest BCUT2D eigenvalue weighted by Crippen LogP contribution is 2.26. The average molecular weight is 331 g/mol. The summed E-state index contributed by atoms with van der Waals surface area (Å²) in [6.45, 7) is 0. The molecule has 25 heavy (non-hydrogen) atoms. The van der Waals surface area contributed by atoms with Gasteiger partial charge in [0.05, 0.1) is 5.39 Å². The number of hydrogen-bond acceptors (Lipinski definition) is 4. The number of fused-ring (bicyclic) bond motifs is 2. The number of H-pyrrole nitrogens is 1. The van der Waals surface area contributed by atoms with Crippen LogP contribution in [0.3, 0.4) is 0 Å². The van der Waals surface area contributed by atoms with Crippen molar-refractivity contribution in [3.05, 3.63) is 82.4 Å². The first-order chi connectivity index (χ1) is 12.1. The fourth-order valence-corrected chi connectivity index (χ4v) is 2.83. The second-order valence-corrected chi connectivity index (χ2v) is 5.60. The van der Waals surface area contributed by atoms with Crippen molar-refractivity contribution in [2.45, 2.75) is 0 Å². The fourth-order valence-electron chi connectivity index (χ4n) is 2.83. The Bertz CT molecular complexity index is 1200. The second-order valence-electron chi connectivity index (χ2n) is 5.60. The minimum absolute atomic E-state index is 0.238. The quantitative estimate of drug-likeness (QED) is 0.339. The molecule has 0 radical (unpaired) electrons. The van der Waals surface area contributed by atoms with Crippen molar-refractivity contribution in [3.8, 4) is 5.75 Å². The van der Waals surface area contributed by atoms with Gasteiger partial charge in [-0.25, -0.2) is 4.79 Å². The molecular weight excluding hydrogens is 318 g/mol. The first kappa shape index (κ1) is 15.0. The molecule has 0 bridgehead atoms. The lowest BCUT2D eigenvalue weighted by molar-refractivity contribution is 0.104. The van der Waals surface area contributed by atoms with Crippen LogP contribution in [0.5, 0.6) is 5.75 Å². The van der Waals surface area contributed by atoms with E-state index in [9.17, 15) is 14.7 Å². The Hall–Kier alpha value is -3.60. The smallest absolute Gasteiger partial charge is 0.351 e. The molecule has 122 valence electrons. The number of ketones is 1. The normalized spacial score (nSPS) is 11.5. The van der Waals surface area contributed by atoms with Crippen LogP contribution in [0.1, 0.15) is 15.9 Å². The molecule has 0 unspecified atom stereocenters. The number of carbonyl (C=O) groups excluding carboxylic acids is 1. The summed E-state index contributed by atoms with van der Waals surface area (Å²) in [5.74, 6) is -0.970.